The van der Waals surface area contributed by atoms with E-state index in [1.54, 1.807) is 6.07 Å². The van der Waals surface area contributed by atoms with Gasteiger partial charge in [-0.15, -0.1) is 0 Å². The number of nitrogen functional groups attached to an aromatic ring is 1. The lowest BCUT2D eigenvalue weighted by atomic mass is 10.00. The third-order valence-corrected chi connectivity index (χ3v) is 4.24. The molecule has 3 nitrogen and oxygen atoms in total. The Bertz CT molecular complexity index is 811. The van der Waals surface area contributed by atoms with E-state index in [2.05, 4.69) is 26.1 Å². The number of nitrogens with one attached hydrogen (secondary N) is 1. The summed E-state index contributed by atoms with van der Waals surface area (Å²) in [4.78, 5) is 0. The smallest absolute Gasteiger partial charge is 0.153 e. The van der Waals surface area contributed by atoms with Crippen molar-refractivity contribution in [2.24, 2.45) is 0 Å². The first-order valence-corrected chi connectivity index (χ1v) is 7.22. The van der Waals surface area contributed by atoms with Gasteiger partial charge < -0.3 is 5.73 Å². The predicted molar refractivity (Wildman–Crippen MR) is 86.3 cm³/mol. The minimum Gasteiger partial charge on any atom is -0.382 e. The molecule has 5 heteroatoms. The van der Waals surface area contributed by atoms with Crippen molar-refractivity contribution in [3.05, 3.63) is 58.3 Å². The second kappa shape index (κ2) is 5.33. The molecule has 1 heterocycles. The monoisotopic (exact) mass is 345 g/mol. The number of aromatic nitrogens is 2. The molecule has 3 rings (SSSR count). The van der Waals surface area contributed by atoms with Crippen LogP contribution in [-0.2, 0) is 0 Å². The van der Waals surface area contributed by atoms with Crippen molar-refractivity contribution in [3.8, 4) is 22.4 Å². The van der Waals surface area contributed by atoms with Crippen LogP contribution >= 0.6 is 15.9 Å². The molecule has 0 aliphatic carbocycles. The molecular weight excluding hydrogens is 333 g/mol. The Kier molecular flexibility index (Phi) is 3.51. The van der Waals surface area contributed by atoms with Crippen LogP contribution in [0.1, 0.15) is 5.56 Å². The van der Waals surface area contributed by atoms with E-state index in [0.29, 0.717) is 11.4 Å². The highest BCUT2D eigenvalue weighted by Crippen LogP contribution is 2.35. The van der Waals surface area contributed by atoms with E-state index in [0.717, 1.165) is 26.9 Å². The minimum absolute atomic E-state index is 0.300. The molecule has 0 aliphatic rings. The molecule has 0 radical (unpaired) electrons. The molecule has 0 saturated heterocycles. The molecule has 0 bridgehead atoms. The number of hydrogen-bond acceptors (Lipinski definition) is 2. The van der Waals surface area contributed by atoms with Crippen LogP contribution in [0.5, 0.6) is 0 Å². The fraction of sp³-hybridized carbons (Fsp3) is 0.0625. The van der Waals surface area contributed by atoms with Crippen LogP contribution in [0, 0.1) is 12.7 Å². The van der Waals surface area contributed by atoms with Crippen LogP contribution in [0.3, 0.4) is 0 Å². The number of nitrogens with two attached hydrogens (primary N) is 1. The van der Waals surface area contributed by atoms with Gasteiger partial charge in [-0.05, 0) is 42.3 Å². The summed E-state index contributed by atoms with van der Waals surface area (Å²) >= 11 is 3.48. The van der Waals surface area contributed by atoms with Crippen LogP contribution in [0.2, 0.25) is 0 Å². The lowest BCUT2D eigenvalue weighted by molar-refractivity contribution is 0.628. The predicted octanol–water partition coefficient (Wildman–Crippen LogP) is 4.54. The molecule has 3 aromatic rings. The molecule has 0 amide bonds. The van der Waals surface area contributed by atoms with E-state index in [1.807, 2.05) is 31.2 Å². The van der Waals surface area contributed by atoms with E-state index in [9.17, 15) is 4.39 Å². The van der Waals surface area contributed by atoms with Crippen molar-refractivity contribution < 1.29 is 4.39 Å². The maximum Gasteiger partial charge on any atom is 0.153 e. The Morgan fingerprint density at radius 2 is 1.95 bits per heavy atom. The van der Waals surface area contributed by atoms with Gasteiger partial charge in [0.15, 0.2) is 5.82 Å². The number of nitrogens with zero attached hydrogens (tertiary/aromatic N) is 1. The second-order valence-corrected chi connectivity index (χ2v) is 5.69. The van der Waals surface area contributed by atoms with Gasteiger partial charge in [0.25, 0.3) is 0 Å². The van der Waals surface area contributed by atoms with Gasteiger partial charge in [-0.1, -0.05) is 34.1 Å². The molecular formula is C16H13BrFN3. The summed E-state index contributed by atoms with van der Waals surface area (Å²) < 4.78 is 14.5. The zero-order valence-electron chi connectivity index (χ0n) is 11.3. The summed E-state index contributed by atoms with van der Waals surface area (Å²) in [5, 5.41) is 7.01. The van der Waals surface area contributed by atoms with Crippen LogP contribution < -0.4 is 5.73 Å². The first kappa shape index (κ1) is 13.8. The van der Waals surface area contributed by atoms with Crippen LogP contribution in [0.4, 0.5) is 10.2 Å². The number of halogens is 2. The Balaban J connectivity index is 2.19. The van der Waals surface area contributed by atoms with Gasteiger partial charge in [-0.3, -0.25) is 5.10 Å². The van der Waals surface area contributed by atoms with E-state index in [-0.39, 0.29) is 5.82 Å². The quantitative estimate of drug-likeness (QED) is 0.716. The molecule has 0 fully saturated rings. The number of hydrogen-bond donors (Lipinski definition) is 2. The summed E-state index contributed by atoms with van der Waals surface area (Å²) in [6.45, 7) is 2.01. The van der Waals surface area contributed by atoms with Gasteiger partial charge in [-0.25, -0.2) is 4.39 Å². The van der Waals surface area contributed by atoms with Crippen molar-refractivity contribution in [3.63, 3.8) is 0 Å². The molecule has 1 aromatic heterocycles. The first-order valence-electron chi connectivity index (χ1n) is 6.42. The SMILES string of the molecule is Cc1cc(-c2[nH]nc(N)c2-c2cccc(F)c2)ccc1Br. The highest BCUT2D eigenvalue weighted by atomic mass is 79.9. The van der Waals surface area contributed by atoms with Gasteiger partial charge in [0.2, 0.25) is 0 Å². The average Bonchev–Trinajstić information content (AvgIpc) is 2.84. The van der Waals surface area contributed by atoms with Crippen LogP contribution in [0.25, 0.3) is 22.4 Å². The van der Waals surface area contributed by atoms with Gasteiger partial charge in [0.05, 0.1) is 11.3 Å². The summed E-state index contributed by atoms with van der Waals surface area (Å²) in [5.41, 5.74) is 10.2. The van der Waals surface area contributed by atoms with Gasteiger partial charge in [0.1, 0.15) is 5.82 Å². The fourth-order valence-electron chi connectivity index (χ4n) is 2.30. The molecule has 0 saturated carbocycles. The van der Waals surface area contributed by atoms with Crippen molar-refractivity contribution in [2.45, 2.75) is 6.92 Å². The molecule has 21 heavy (non-hydrogen) atoms. The Hall–Kier alpha value is -2.14. The van der Waals surface area contributed by atoms with Crippen molar-refractivity contribution in [2.75, 3.05) is 5.73 Å². The summed E-state index contributed by atoms with van der Waals surface area (Å²) in [6, 6.07) is 12.3. The number of H-pyrrole nitrogens is 1. The Morgan fingerprint density at radius 1 is 1.14 bits per heavy atom. The fourth-order valence-corrected chi connectivity index (χ4v) is 2.55. The molecule has 2 aromatic carbocycles. The normalized spacial score (nSPS) is 10.8. The highest BCUT2D eigenvalue weighted by molar-refractivity contribution is 9.10. The number of anilines is 1. The van der Waals surface area contributed by atoms with E-state index in [4.69, 9.17) is 5.73 Å². The highest BCUT2D eigenvalue weighted by Gasteiger charge is 2.15. The van der Waals surface area contributed by atoms with E-state index in [1.165, 1.54) is 12.1 Å². The first-order chi connectivity index (χ1) is 10.1. The second-order valence-electron chi connectivity index (χ2n) is 4.83. The van der Waals surface area contributed by atoms with Gasteiger partial charge in [-0.2, -0.15) is 5.10 Å². The van der Waals surface area contributed by atoms with E-state index < -0.39 is 0 Å². The Labute approximate surface area is 130 Å². The summed E-state index contributed by atoms with van der Waals surface area (Å²) in [5.74, 6) is 0.0576. The molecule has 0 atom stereocenters. The summed E-state index contributed by atoms with van der Waals surface area (Å²) in [6.07, 6.45) is 0. The number of aromatic amines is 1. The lowest BCUT2D eigenvalue weighted by Gasteiger charge is -2.07. The largest absolute Gasteiger partial charge is 0.382 e. The van der Waals surface area contributed by atoms with Crippen molar-refractivity contribution in [1.82, 2.24) is 10.2 Å². The van der Waals surface area contributed by atoms with Crippen molar-refractivity contribution >= 4 is 21.7 Å². The third kappa shape index (κ3) is 2.56. The average molecular weight is 346 g/mol. The van der Waals surface area contributed by atoms with Crippen molar-refractivity contribution in [1.29, 1.82) is 0 Å². The summed E-state index contributed by atoms with van der Waals surface area (Å²) in [7, 11) is 0. The zero-order chi connectivity index (χ0) is 15.0. The minimum atomic E-state index is -0.300. The number of aryl methyl sites for hydroxylation is 1. The van der Waals surface area contributed by atoms with E-state index >= 15 is 0 Å². The molecule has 3 N–H and O–H groups in total. The van der Waals surface area contributed by atoms with Gasteiger partial charge in [0, 0.05) is 10.0 Å². The number of rotatable bonds is 2. The maximum atomic E-state index is 13.5. The molecule has 106 valence electrons. The number of benzene rings is 2. The standard InChI is InChI=1S/C16H13BrFN3/c1-9-7-11(5-6-13(9)17)15-14(16(19)21-20-15)10-3-2-4-12(18)8-10/h2-8H,1H3,(H3,19,20,21). The lowest BCUT2D eigenvalue weighted by Crippen LogP contribution is -1.90. The van der Waals surface area contributed by atoms with Crippen LogP contribution in [0.15, 0.2) is 46.9 Å². The van der Waals surface area contributed by atoms with Gasteiger partial charge >= 0.3 is 0 Å². The topological polar surface area (TPSA) is 54.7 Å². The molecule has 0 unspecified atom stereocenters. The zero-order valence-corrected chi connectivity index (χ0v) is 12.9. The molecule has 0 spiro atoms. The Morgan fingerprint density at radius 3 is 2.67 bits per heavy atom. The molecule has 0 aliphatic heterocycles. The van der Waals surface area contributed by atoms with Crippen LogP contribution in [-0.4, -0.2) is 10.2 Å². The maximum absolute atomic E-state index is 13.5. The third-order valence-electron chi connectivity index (χ3n) is 3.35.